The van der Waals surface area contributed by atoms with E-state index in [1.165, 1.54) is 19.6 Å². The van der Waals surface area contributed by atoms with Crippen molar-refractivity contribution in [2.24, 2.45) is 11.5 Å². The van der Waals surface area contributed by atoms with Gasteiger partial charge < -0.3 is 41.3 Å². The normalized spacial score (nSPS) is 11.2. The molecule has 14 heteroatoms. The predicted molar refractivity (Wildman–Crippen MR) is 367 cm³/mol. The average molecular weight is 1240 g/mol. The van der Waals surface area contributed by atoms with E-state index in [0.29, 0.717) is 32.2 Å². The van der Waals surface area contributed by atoms with Crippen LogP contribution < -0.4 is 16.8 Å². The van der Waals surface area contributed by atoms with E-state index in [9.17, 15) is 9.59 Å². The van der Waals surface area contributed by atoms with Crippen molar-refractivity contribution in [2.75, 3.05) is 91.6 Å². The Morgan fingerprint density at radius 2 is 0.576 bits per heavy atom. The monoisotopic (exact) mass is 1230 g/mol. The predicted octanol–water partition coefficient (Wildman–Crippen LogP) is 10.5. The Morgan fingerprint density at radius 1 is 0.326 bits per heavy atom. The third kappa shape index (κ3) is 20.9. The van der Waals surface area contributed by atoms with E-state index in [0.717, 1.165) is 50.9 Å². The molecule has 14 nitrogen and oxygen atoms in total. The van der Waals surface area contributed by atoms with Crippen molar-refractivity contribution >= 4 is 35.3 Å². The van der Waals surface area contributed by atoms with Gasteiger partial charge in [0.15, 0.2) is 5.78 Å². The van der Waals surface area contributed by atoms with Crippen LogP contribution in [-0.2, 0) is 28.8 Å². The molecule has 0 radical (unpaired) electrons. The van der Waals surface area contributed by atoms with Crippen LogP contribution in [0.2, 0.25) is 0 Å². The molecule has 0 bridgehead atoms. The number of hydrogen-bond acceptors (Lipinski definition) is 9. The maximum absolute atomic E-state index is 15.7. The fraction of sp³-hybridized carbons (Fsp3) is 0.308. The Bertz CT molecular complexity index is 3320. The summed E-state index contributed by atoms with van der Waals surface area (Å²) in [7, 11) is 0. The van der Waals surface area contributed by atoms with Crippen LogP contribution in [0.3, 0.4) is 0 Å². The molecule has 0 heterocycles. The lowest BCUT2D eigenvalue weighted by atomic mass is 9.90. The number of nitrogens with one attached hydrogen (secondary N) is 1. The molecule has 0 aliphatic heterocycles. The van der Waals surface area contributed by atoms with Crippen molar-refractivity contribution < 1.29 is 28.8 Å². The van der Waals surface area contributed by atoms with E-state index in [1.54, 1.807) is 4.90 Å². The van der Waals surface area contributed by atoms with Crippen molar-refractivity contribution in [3.05, 3.63) is 287 Å². The number of rotatable bonds is 37. The van der Waals surface area contributed by atoms with Gasteiger partial charge in [-0.05, 0) is 76.9 Å². The SMILES string of the molecule is CCCCC(=O)CN(CC(c1ccccc1)c1ccccc1)C(=O)CN(CC(c1ccccc1)c1ccccc1)C(=O)CN(CCCN)C(=O)CN(CC(c1ccccc1)c1ccccc1)C(=O)CN(CCCN)C(=O)CNCC(c1ccccc1)c1ccccc1. The van der Waals surface area contributed by atoms with Gasteiger partial charge in [-0.1, -0.05) is 256 Å². The van der Waals surface area contributed by atoms with E-state index in [-0.39, 0.29) is 89.0 Å². The maximum Gasteiger partial charge on any atom is 0.242 e. The number of nitrogens with zero attached hydrogens (tertiary/aromatic N) is 5. The Balaban J connectivity index is 1.12. The van der Waals surface area contributed by atoms with Gasteiger partial charge in [0.25, 0.3) is 0 Å². The van der Waals surface area contributed by atoms with Gasteiger partial charge in [-0.3, -0.25) is 28.8 Å². The van der Waals surface area contributed by atoms with Gasteiger partial charge in [-0.25, -0.2) is 0 Å². The van der Waals surface area contributed by atoms with Crippen LogP contribution in [0.15, 0.2) is 243 Å². The minimum absolute atomic E-state index is 0.0483. The standard InChI is InChI=1S/C78H90N8O6/c1-2-3-46-69(87)53-84(54-71(63-34-16-6-17-35-63)64-36-18-7-19-37-64)78(92)60-86(56-73(67-42-24-10-25-43-67)68-44-26-11-27-45-68)77(91)58-83(50-29-48-80)75(89)59-85(55-72(65-38-20-8-21-39-65)66-40-22-9-23-41-66)76(90)57-82(49-28-47-79)74(88)52-81-51-70(61-30-12-4-13-31-61)62-32-14-5-15-33-62/h4-27,30-45,70-73,81H,2-3,28-29,46-60,79-80H2,1H3. The van der Waals surface area contributed by atoms with Crippen molar-refractivity contribution in [1.29, 1.82) is 0 Å². The number of nitrogens with two attached hydrogens (primary N) is 2. The third-order valence-electron chi connectivity index (χ3n) is 17.0. The second-order valence-corrected chi connectivity index (χ2v) is 23.5. The first-order valence-corrected chi connectivity index (χ1v) is 32.4. The highest BCUT2D eigenvalue weighted by Gasteiger charge is 2.33. The molecule has 0 aromatic heterocycles. The molecule has 478 valence electrons. The summed E-state index contributed by atoms with van der Waals surface area (Å²) >= 11 is 0. The molecule has 0 fully saturated rings. The van der Waals surface area contributed by atoms with Gasteiger partial charge in [0.2, 0.25) is 29.5 Å². The van der Waals surface area contributed by atoms with Gasteiger partial charge in [0.1, 0.15) is 0 Å². The molecule has 0 aliphatic rings. The minimum Gasteiger partial charge on any atom is -0.333 e. The number of unbranched alkanes of at least 4 members (excludes halogenated alkanes) is 1. The summed E-state index contributed by atoms with van der Waals surface area (Å²) in [5.74, 6) is -3.42. The molecule has 8 aromatic carbocycles. The topological polar surface area (TPSA) is 183 Å². The van der Waals surface area contributed by atoms with Gasteiger partial charge in [0.05, 0.1) is 39.3 Å². The number of benzene rings is 8. The van der Waals surface area contributed by atoms with Gasteiger partial charge >= 0.3 is 0 Å². The second-order valence-electron chi connectivity index (χ2n) is 23.5. The second kappa shape index (κ2) is 37.1. The number of ketones is 1. The number of Topliss-reactive ketones (excluding diaryl/α,β-unsaturated/α-hetero) is 1. The van der Waals surface area contributed by atoms with Crippen LogP contribution in [0.25, 0.3) is 0 Å². The fourth-order valence-corrected chi connectivity index (χ4v) is 11.8. The van der Waals surface area contributed by atoms with E-state index in [1.807, 2.05) is 225 Å². The van der Waals surface area contributed by atoms with Crippen molar-refractivity contribution in [1.82, 2.24) is 29.8 Å². The van der Waals surface area contributed by atoms with Crippen LogP contribution >= 0.6 is 0 Å². The van der Waals surface area contributed by atoms with E-state index in [2.05, 4.69) is 29.6 Å². The van der Waals surface area contributed by atoms with E-state index in [4.69, 9.17) is 11.5 Å². The zero-order valence-electron chi connectivity index (χ0n) is 53.2. The highest BCUT2D eigenvalue weighted by Crippen LogP contribution is 2.30. The highest BCUT2D eigenvalue weighted by atomic mass is 16.2. The molecule has 92 heavy (non-hydrogen) atoms. The zero-order chi connectivity index (χ0) is 64.7. The van der Waals surface area contributed by atoms with Gasteiger partial charge in [-0.15, -0.1) is 0 Å². The lowest BCUT2D eigenvalue weighted by molar-refractivity contribution is -0.147. The van der Waals surface area contributed by atoms with Crippen LogP contribution in [0.5, 0.6) is 0 Å². The largest absolute Gasteiger partial charge is 0.333 e. The smallest absolute Gasteiger partial charge is 0.242 e. The molecule has 5 N–H and O–H groups in total. The van der Waals surface area contributed by atoms with Gasteiger partial charge in [-0.2, -0.15) is 0 Å². The van der Waals surface area contributed by atoms with Gasteiger partial charge in [0, 0.05) is 69.4 Å². The molecule has 0 spiro atoms. The average Bonchev–Trinajstić information content (AvgIpc) is 2.40. The summed E-state index contributed by atoms with van der Waals surface area (Å²) in [5, 5.41) is 3.40. The highest BCUT2D eigenvalue weighted by molar-refractivity contribution is 5.93. The first-order chi connectivity index (χ1) is 45.0. The molecule has 0 aliphatic carbocycles. The van der Waals surface area contributed by atoms with Crippen LogP contribution in [0.4, 0.5) is 0 Å². The summed E-state index contributed by atoms with van der Waals surface area (Å²) in [6.45, 7) is 1.68. The Morgan fingerprint density at radius 3 is 0.859 bits per heavy atom. The van der Waals surface area contributed by atoms with E-state index < -0.39 is 55.1 Å². The number of hydrogen-bond donors (Lipinski definition) is 3. The molecular formula is C78H90N8O6. The van der Waals surface area contributed by atoms with Crippen LogP contribution in [0, 0.1) is 0 Å². The maximum atomic E-state index is 15.7. The fourth-order valence-electron chi connectivity index (χ4n) is 11.8. The number of carbonyl (C=O) groups excluding carboxylic acids is 6. The van der Waals surface area contributed by atoms with Crippen LogP contribution in [-0.4, -0.2) is 151 Å². The van der Waals surface area contributed by atoms with E-state index >= 15 is 19.2 Å². The third-order valence-corrected chi connectivity index (χ3v) is 17.0. The quantitative estimate of drug-likeness (QED) is 0.0341. The lowest BCUT2D eigenvalue weighted by Gasteiger charge is -2.35. The molecule has 8 rings (SSSR count). The summed E-state index contributed by atoms with van der Waals surface area (Å²) in [5.41, 5.74) is 20.1. The summed E-state index contributed by atoms with van der Waals surface area (Å²) in [6.07, 6.45) is 2.54. The Hall–Kier alpha value is -9.34. The minimum atomic E-state index is -0.514. The summed E-state index contributed by atoms with van der Waals surface area (Å²) in [4.78, 5) is 98.1. The zero-order valence-corrected chi connectivity index (χ0v) is 53.2. The molecule has 0 saturated carbocycles. The molecular weight excluding hydrogens is 1140 g/mol. The molecule has 0 atom stereocenters. The first kappa shape index (κ1) is 68.6. The summed E-state index contributed by atoms with van der Waals surface area (Å²) in [6, 6.07) is 79.3. The Labute approximate surface area is 544 Å². The molecule has 8 aromatic rings. The number of amides is 5. The Kier molecular flexibility index (Phi) is 27.7. The van der Waals surface area contributed by atoms with Crippen molar-refractivity contribution in [3.63, 3.8) is 0 Å². The van der Waals surface area contributed by atoms with Crippen LogP contribution in [0.1, 0.15) is 107 Å². The first-order valence-electron chi connectivity index (χ1n) is 32.4. The van der Waals surface area contributed by atoms with Crippen molar-refractivity contribution in [2.45, 2.75) is 62.7 Å². The number of carbonyl (C=O) groups is 6. The molecule has 0 unspecified atom stereocenters. The summed E-state index contributed by atoms with van der Waals surface area (Å²) < 4.78 is 0. The molecule has 5 amide bonds. The lowest BCUT2D eigenvalue weighted by Crippen LogP contribution is -2.53. The molecule has 0 saturated heterocycles. The van der Waals surface area contributed by atoms with Crippen molar-refractivity contribution in [3.8, 4) is 0 Å².